The van der Waals surface area contributed by atoms with Gasteiger partial charge < -0.3 is 5.73 Å². The molecule has 2 rings (SSSR count). The molecule has 4 nitrogen and oxygen atoms in total. The summed E-state index contributed by atoms with van der Waals surface area (Å²) in [6.45, 7) is 2.72. The normalized spacial score (nSPS) is 12.7. The minimum absolute atomic E-state index is 0.0814. The monoisotopic (exact) mass is 300 g/mol. The van der Waals surface area contributed by atoms with E-state index >= 15 is 0 Å². The van der Waals surface area contributed by atoms with Crippen LogP contribution in [-0.4, -0.2) is 14.8 Å². The molecule has 2 N–H and O–H groups in total. The Hall–Kier alpha value is -1.53. The van der Waals surface area contributed by atoms with Crippen LogP contribution in [0, 0.1) is 11.6 Å². The van der Waals surface area contributed by atoms with Crippen LogP contribution in [0.1, 0.15) is 30.8 Å². The first-order chi connectivity index (χ1) is 9.52. The van der Waals surface area contributed by atoms with Gasteiger partial charge in [0.25, 0.3) is 0 Å². The van der Waals surface area contributed by atoms with Crippen molar-refractivity contribution in [3.8, 4) is 0 Å². The van der Waals surface area contributed by atoms with Crippen LogP contribution in [0.15, 0.2) is 18.5 Å². The van der Waals surface area contributed by atoms with E-state index in [9.17, 15) is 8.78 Å². The summed E-state index contributed by atoms with van der Waals surface area (Å²) in [7, 11) is 0. The number of halogens is 3. The second-order valence-electron chi connectivity index (χ2n) is 4.50. The van der Waals surface area contributed by atoms with Crippen molar-refractivity contribution in [3.05, 3.63) is 46.5 Å². The molecule has 1 heterocycles. The van der Waals surface area contributed by atoms with Gasteiger partial charge in [-0.3, -0.25) is 4.68 Å². The van der Waals surface area contributed by atoms with Crippen LogP contribution in [0.25, 0.3) is 0 Å². The van der Waals surface area contributed by atoms with Crippen molar-refractivity contribution in [1.82, 2.24) is 14.8 Å². The third kappa shape index (κ3) is 3.13. The first-order valence-electron chi connectivity index (χ1n) is 6.29. The van der Waals surface area contributed by atoms with Gasteiger partial charge in [0.2, 0.25) is 0 Å². The van der Waals surface area contributed by atoms with Crippen molar-refractivity contribution in [2.75, 3.05) is 0 Å². The molecule has 0 aliphatic rings. The van der Waals surface area contributed by atoms with E-state index in [-0.39, 0.29) is 17.0 Å². The number of hydrogen-bond donors (Lipinski definition) is 1. The molecule has 2 aromatic rings. The highest BCUT2D eigenvalue weighted by Crippen LogP contribution is 2.24. The quantitative estimate of drug-likeness (QED) is 0.864. The van der Waals surface area contributed by atoms with Gasteiger partial charge in [-0.2, -0.15) is 5.10 Å². The summed E-state index contributed by atoms with van der Waals surface area (Å²) < 4.78 is 28.9. The van der Waals surface area contributed by atoms with Crippen molar-refractivity contribution in [1.29, 1.82) is 0 Å². The highest BCUT2D eigenvalue weighted by Gasteiger charge is 2.17. The van der Waals surface area contributed by atoms with Gasteiger partial charge in [-0.15, -0.1) is 0 Å². The van der Waals surface area contributed by atoms with Gasteiger partial charge in [0.05, 0.1) is 5.02 Å². The largest absolute Gasteiger partial charge is 0.323 e. The molecule has 0 saturated carbocycles. The number of nitrogens with two attached hydrogens (primary N) is 1. The van der Waals surface area contributed by atoms with Crippen molar-refractivity contribution >= 4 is 11.6 Å². The molecule has 0 amide bonds. The molecule has 108 valence electrons. The molecule has 1 unspecified atom stereocenters. The van der Waals surface area contributed by atoms with E-state index in [1.54, 1.807) is 4.68 Å². The van der Waals surface area contributed by atoms with E-state index in [0.29, 0.717) is 12.4 Å². The fourth-order valence-corrected chi connectivity index (χ4v) is 2.12. The highest BCUT2D eigenvalue weighted by molar-refractivity contribution is 6.30. The van der Waals surface area contributed by atoms with Crippen molar-refractivity contribution in [2.45, 2.75) is 32.4 Å². The average Bonchev–Trinajstić information content (AvgIpc) is 2.81. The van der Waals surface area contributed by atoms with Crippen LogP contribution < -0.4 is 5.73 Å². The number of aromatic nitrogens is 3. The molecule has 0 radical (unpaired) electrons. The van der Waals surface area contributed by atoms with Crippen molar-refractivity contribution < 1.29 is 8.78 Å². The Morgan fingerprint density at radius 3 is 2.80 bits per heavy atom. The molecular weight excluding hydrogens is 286 g/mol. The molecule has 0 fully saturated rings. The fraction of sp³-hybridized carbons (Fsp3) is 0.385. The van der Waals surface area contributed by atoms with Gasteiger partial charge in [-0.1, -0.05) is 18.5 Å². The first-order valence-corrected chi connectivity index (χ1v) is 6.67. The van der Waals surface area contributed by atoms with E-state index in [2.05, 4.69) is 10.1 Å². The highest BCUT2D eigenvalue weighted by atomic mass is 35.5. The maximum absolute atomic E-state index is 13.8. The Balaban J connectivity index is 2.21. The predicted molar refractivity (Wildman–Crippen MR) is 72.3 cm³/mol. The Kier molecular flexibility index (Phi) is 4.67. The molecule has 0 bridgehead atoms. The molecular formula is C13H15ClF2N4. The molecule has 1 aromatic heterocycles. The molecule has 7 heteroatoms. The fourth-order valence-electron chi connectivity index (χ4n) is 1.97. The van der Waals surface area contributed by atoms with E-state index in [4.69, 9.17) is 17.3 Å². The molecule has 1 atom stereocenters. The standard InChI is InChI=1S/C13H15ClF2N4/c1-2-3-20-13(18-7-19-20)6-12(17)8-4-11(16)9(14)5-10(8)15/h4-5,7,12H,2-3,6,17H2,1H3. The zero-order valence-electron chi connectivity index (χ0n) is 11.0. The molecule has 0 aliphatic carbocycles. The van der Waals surface area contributed by atoms with Gasteiger partial charge in [-0.05, 0) is 18.6 Å². The smallest absolute Gasteiger partial charge is 0.142 e. The number of nitrogens with zero attached hydrogens (tertiary/aromatic N) is 3. The van der Waals surface area contributed by atoms with Gasteiger partial charge in [0.15, 0.2) is 0 Å². The summed E-state index contributed by atoms with van der Waals surface area (Å²) in [6.07, 6.45) is 2.60. The summed E-state index contributed by atoms with van der Waals surface area (Å²) in [5.74, 6) is -0.659. The molecule has 20 heavy (non-hydrogen) atoms. The molecule has 1 aromatic carbocycles. The number of rotatable bonds is 5. The third-order valence-corrected chi connectivity index (χ3v) is 3.26. The van der Waals surface area contributed by atoms with E-state index in [1.165, 1.54) is 6.33 Å². The van der Waals surface area contributed by atoms with E-state index in [0.717, 1.165) is 18.6 Å². The Morgan fingerprint density at radius 2 is 2.10 bits per heavy atom. The van der Waals surface area contributed by atoms with Crippen LogP contribution in [0.4, 0.5) is 8.78 Å². The topological polar surface area (TPSA) is 56.7 Å². The summed E-state index contributed by atoms with van der Waals surface area (Å²) in [4.78, 5) is 4.10. The van der Waals surface area contributed by atoms with Gasteiger partial charge in [-0.25, -0.2) is 13.8 Å². The maximum atomic E-state index is 13.8. The lowest BCUT2D eigenvalue weighted by Gasteiger charge is -2.14. The van der Waals surface area contributed by atoms with E-state index < -0.39 is 17.7 Å². The van der Waals surface area contributed by atoms with Gasteiger partial charge in [0.1, 0.15) is 23.8 Å². The van der Waals surface area contributed by atoms with Crippen LogP contribution in [0.3, 0.4) is 0 Å². The lowest BCUT2D eigenvalue weighted by Crippen LogP contribution is -2.18. The average molecular weight is 301 g/mol. The maximum Gasteiger partial charge on any atom is 0.142 e. The Labute approximate surface area is 120 Å². The summed E-state index contributed by atoms with van der Waals surface area (Å²) in [5, 5.41) is 3.81. The summed E-state index contributed by atoms with van der Waals surface area (Å²) in [6, 6.07) is 1.26. The van der Waals surface area contributed by atoms with Crippen LogP contribution >= 0.6 is 11.6 Å². The molecule has 0 aliphatic heterocycles. The van der Waals surface area contributed by atoms with E-state index in [1.807, 2.05) is 6.92 Å². The van der Waals surface area contributed by atoms with Crippen LogP contribution in [0.2, 0.25) is 5.02 Å². The Morgan fingerprint density at radius 1 is 1.35 bits per heavy atom. The second kappa shape index (κ2) is 6.28. The summed E-state index contributed by atoms with van der Waals surface area (Å²) >= 11 is 5.52. The zero-order valence-corrected chi connectivity index (χ0v) is 11.7. The lowest BCUT2D eigenvalue weighted by molar-refractivity contribution is 0.527. The van der Waals surface area contributed by atoms with Crippen LogP contribution in [-0.2, 0) is 13.0 Å². The number of aryl methyl sites for hydroxylation is 1. The SMILES string of the molecule is CCCn1ncnc1CC(N)c1cc(F)c(Cl)cc1F. The molecule has 0 spiro atoms. The molecule has 0 saturated heterocycles. The summed E-state index contributed by atoms with van der Waals surface area (Å²) in [5.41, 5.74) is 6.02. The van der Waals surface area contributed by atoms with Gasteiger partial charge in [0, 0.05) is 24.6 Å². The predicted octanol–water partition coefficient (Wildman–Crippen LogP) is 2.86. The first kappa shape index (κ1) is 14.9. The van der Waals surface area contributed by atoms with Crippen molar-refractivity contribution in [3.63, 3.8) is 0 Å². The minimum Gasteiger partial charge on any atom is -0.323 e. The minimum atomic E-state index is -0.707. The second-order valence-corrected chi connectivity index (χ2v) is 4.91. The zero-order chi connectivity index (χ0) is 14.7. The lowest BCUT2D eigenvalue weighted by atomic mass is 10.0. The third-order valence-electron chi connectivity index (χ3n) is 2.97. The van der Waals surface area contributed by atoms with Crippen molar-refractivity contribution in [2.24, 2.45) is 5.73 Å². The van der Waals surface area contributed by atoms with Gasteiger partial charge >= 0.3 is 0 Å². The Bertz CT molecular complexity index is 600. The van der Waals surface area contributed by atoms with Crippen LogP contribution in [0.5, 0.6) is 0 Å². The number of hydrogen-bond acceptors (Lipinski definition) is 3. The number of benzene rings is 1.